The van der Waals surface area contributed by atoms with Gasteiger partial charge in [-0.25, -0.2) is 4.39 Å². The van der Waals surface area contributed by atoms with Gasteiger partial charge in [-0.15, -0.1) is 10.2 Å². The number of carboxylic acid groups (broad SMARTS) is 1. The fourth-order valence-electron chi connectivity index (χ4n) is 1.42. The van der Waals surface area contributed by atoms with Crippen LogP contribution in [0.1, 0.15) is 6.92 Å². The fraction of sp³-hybridized carbons (Fsp3) is 0.250. The van der Waals surface area contributed by atoms with Gasteiger partial charge in [0.05, 0.1) is 12.4 Å². The third-order valence-corrected chi connectivity index (χ3v) is 4.17. The van der Waals surface area contributed by atoms with Gasteiger partial charge in [-0.05, 0) is 19.1 Å². The highest BCUT2D eigenvalue weighted by molar-refractivity contribution is 8.01. The first-order chi connectivity index (χ1) is 10.1. The van der Waals surface area contributed by atoms with E-state index in [1.54, 1.807) is 13.0 Å². The average molecular weight is 329 g/mol. The number of hydrogen-bond donors (Lipinski definition) is 2. The summed E-state index contributed by atoms with van der Waals surface area (Å²) in [5.74, 6) is -1.27. The van der Waals surface area contributed by atoms with Gasteiger partial charge in [0, 0.05) is 11.8 Å². The molecule has 0 amide bonds. The smallest absolute Gasteiger partial charge is 0.313 e. The zero-order valence-electron chi connectivity index (χ0n) is 11.0. The van der Waals surface area contributed by atoms with Crippen LogP contribution in [0.4, 0.5) is 15.2 Å². The lowest BCUT2D eigenvalue weighted by Gasteiger charge is -2.06. The van der Waals surface area contributed by atoms with Crippen molar-refractivity contribution in [1.82, 2.24) is 10.2 Å². The van der Waals surface area contributed by atoms with E-state index < -0.39 is 11.8 Å². The number of carbonyl (C=O) groups is 1. The molecule has 9 heteroatoms. The van der Waals surface area contributed by atoms with Gasteiger partial charge in [0.2, 0.25) is 5.13 Å². The molecule has 2 N–H and O–H groups in total. The van der Waals surface area contributed by atoms with E-state index in [0.29, 0.717) is 21.8 Å². The predicted octanol–water partition coefficient (Wildman–Crippen LogP) is 3.00. The summed E-state index contributed by atoms with van der Waals surface area (Å²) < 4.78 is 19.3. The van der Waals surface area contributed by atoms with Gasteiger partial charge in [0.25, 0.3) is 0 Å². The van der Waals surface area contributed by atoms with Crippen molar-refractivity contribution in [1.29, 1.82) is 0 Å². The van der Waals surface area contributed by atoms with Crippen LogP contribution in [-0.2, 0) is 4.79 Å². The molecule has 6 nitrogen and oxygen atoms in total. The van der Waals surface area contributed by atoms with Crippen molar-refractivity contribution in [3.05, 3.63) is 24.0 Å². The summed E-state index contributed by atoms with van der Waals surface area (Å²) in [7, 11) is 0. The van der Waals surface area contributed by atoms with Gasteiger partial charge in [-0.2, -0.15) is 0 Å². The standard InChI is InChI=1S/C12H12FN3O3S2/c1-2-19-9-4-3-7(5-8(9)13)14-11-15-16-12(21-11)20-6-10(17)18/h3-5H,2,6H2,1H3,(H,14,15)(H,17,18). The summed E-state index contributed by atoms with van der Waals surface area (Å²) in [6, 6.07) is 4.50. The number of nitrogens with one attached hydrogen (secondary N) is 1. The molecule has 0 saturated heterocycles. The molecule has 0 aliphatic carbocycles. The van der Waals surface area contributed by atoms with Gasteiger partial charge in [0.1, 0.15) is 0 Å². The first kappa shape index (κ1) is 15.5. The van der Waals surface area contributed by atoms with E-state index in [1.165, 1.54) is 23.5 Å². The van der Waals surface area contributed by atoms with Crippen molar-refractivity contribution in [3.63, 3.8) is 0 Å². The molecule has 0 spiro atoms. The molecule has 0 aliphatic heterocycles. The van der Waals surface area contributed by atoms with Crippen LogP contribution in [0.5, 0.6) is 5.75 Å². The van der Waals surface area contributed by atoms with Gasteiger partial charge in [0.15, 0.2) is 15.9 Å². The summed E-state index contributed by atoms with van der Waals surface area (Å²) >= 11 is 2.29. The van der Waals surface area contributed by atoms with Crippen molar-refractivity contribution in [2.75, 3.05) is 17.7 Å². The average Bonchev–Trinajstić information content (AvgIpc) is 2.87. The molecule has 0 radical (unpaired) electrons. The van der Waals surface area contributed by atoms with Crippen LogP contribution in [0.15, 0.2) is 22.5 Å². The summed E-state index contributed by atoms with van der Waals surface area (Å²) in [6.45, 7) is 2.17. The van der Waals surface area contributed by atoms with E-state index in [1.807, 2.05) is 0 Å². The second-order valence-electron chi connectivity index (χ2n) is 3.76. The monoisotopic (exact) mass is 329 g/mol. The van der Waals surface area contributed by atoms with Crippen LogP contribution >= 0.6 is 23.1 Å². The fourth-order valence-corrected chi connectivity index (χ4v) is 2.91. The number of halogens is 1. The Kier molecular flexibility index (Phi) is 5.34. The molecule has 0 unspecified atom stereocenters. The van der Waals surface area contributed by atoms with Crippen molar-refractivity contribution in [2.45, 2.75) is 11.3 Å². The Morgan fingerprint density at radius 2 is 2.33 bits per heavy atom. The molecule has 0 aliphatic rings. The largest absolute Gasteiger partial charge is 0.491 e. The Morgan fingerprint density at radius 1 is 1.52 bits per heavy atom. The summed E-state index contributed by atoms with van der Waals surface area (Å²) in [5, 5.41) is 19.7. The predicted molar refractivity (Wildman–Crippen MR) is 79.1 cm³/mol. The van der Waals surface area contributed by atoms with Gasteiger partial charge >= 0.3 is 5.97 Å². The topological polar surface area (TPSA) is 84.3 Å². The first-order valence-corrected chi connectivity index (χ1v) is 7.76. The summed E-state index contributed by atoms with van der Waals surface area (Å²) in [5.41, 5.74) is 0.516. The van der Waals surface area contributed by atoms with Gasteiger partial charge < -0.3 is 15.2 Å². The third-order valence-electron chi connectivity index (χ3n) is 2.21. The maximum Gasteiger partial charge on any atom is 0.313 e. The SMILES string of the molecule is CCOc1ccc(Nc2nnc(SCC(=O)O)s2)cc1F. The molecule has 112 valence electrons. The van der Waals surface area contributed by atoms with Crippen molar-refractivity contribution >= 4 is 39.9 Å². The van der Waals surface area contributed by atoms with Crippen molar-refractivity contribution in [3.8, 4) is 5.75 Å². The Bertz CT molecular complexity index is 636. The van der Waals surface area contributed by atoms with Crippen LogP contribution < -0.4 is 10.1 Å². The molecule has 1 aromatic heterocycles. The molecule has 0 atom stereocenters. The first-order valence-electron chi connectivity index (χ1n) is 5.96. The molecule has 21 heavy (non-hydrogen) atoms. The van der Waals surface area contributed by atoms with Gasteiger partial charge in [-0.1, -0.05) is 23.1 Å². The van der Waals surface area contributed by atoms with Gasteiger partial charge in [-0.3, -0.25) is 4.79 Å². The molecule has 0 bridgehead atoms. The third kappa shape index (κ3) is 4.57. The second kappa shape index (κ2) is 7.23. The molecule has 1 aromatic carbocycles. The minimum Gasteiger partial charge on any atom is -0.491 e. The second-order valence-corrected chi connectivity index (χ2v) is 5.96. The Balaban J connectivity index is 2.01. The lowest BCUT2D eigenvalue weighted by molar-refractivity contribution is -0.133. The molecule has 2 rings (SSSR count). The number of benzene rings is 1. The molecular formula is C12H12FN3O3S2. The number of rotatable bonds is 7. The number of nitrogens with zero attached hydrogens (tertiary/aromatic N) is 2. The van der Waals surface area contributed by atoms with Crippen LogP contribution in [0.25, 0.3) is 0 Å². The molecular weight excluding hydrogens is 317 g/mol. The molecule has 2 aromatic rings. The van der Waals surface area contributed by atoms with E-state index in [0.717, 1.165) is 11.8 Å². The number of aromatic nitrogens is 2. The van der Waals surface area contributed by atoms with Crippen LogP contribution in [0, 0.1) is 5.82 Å². The van der Waals surface area contributed by atoms with E-state index in [4.69, 9.17) is 9.84 Å². The van der Waals surface area contributed by atoms with E-state index in [2.05, 4.69) is 15.5 Å². The molecule has 0 saturated carbocycles. The zero-order valence-corrected chi connectivity index (χ0v) is 12.6. The maximum absolute atomic E-state index is 13.7. The van der Waals surface area contributed by atoms with Crippen molar-refractivity contribution in [2.24, 2.45) is 0 Å². The molecule has 1 heterocycles. The Labute approximate surface area is 128 Å². The van der Waals surface area contributed by atoms with Crippen LogP contribution in [-0.4, -0.2) is 33.6 Å². The Morgan fingerprint density at radius 3 is 3.00 bits per heavy atom. The zero-order chi connectivity index (χ0) is 15.2. The van der Waals surface area contributed by atoms with E-state index >= 15 is 0 Å². The number of thioether (sulfide) groups is 1. The highest BCUT2D eigenvalue weighted by Crippen LogP contribution is 2.29. The molecule has 0 fully saturated rings. The summed E-state index contributed by atoms with van der Waals surface area (Å²) in [6.07, 6.45) is 0. The summed E-state index contributed by atoms with van der Waals surface area (Å²) in [4.78, 5) is 10.5. The normalized spacial score (nSPS) is 10.4. The highest BCUT2D eigenvalue weighted by Gasteiger charge is 2.09. The number of hydrogen-bond acceptors (Lipinski definition) is 7. The van der Waals surface area contributed by atoms with Crippen LogP contribution in [0.3, 0.4) is 0 Å². The Hall–Kier alpha value is -1.87. The maximum atomic E-state index is 13.7. The van der Waals surface area contributed by atoms with E-state index in [-0.39, 0.29) is 11.5 Å². The lowest BCUT2D eigenvalue weighted by atomic mass is 10.3. The lowest BCUT2D eigenvalue weighted by Crippen LogP contribution is -1.96. The number of anilines is 2. The van der Waals surface area contributed by atoms with E-state index in [9.17, 15) is 9.18 Å². The van der Waals surface area contributed by atoms with Crippen LogP contribution in [0.2, 0.25) is 0 Å². The minimum atomic E-state index is -0.918. The number of carboxylic acids is 1. The quantitative estimate of drug-likeness (QED) is 0.755. The van der Waals surface area contributed by atoms with Crippen molar-refractivity contribution < 1.29 is 19.0 Å². The number of aliphatic carboxylic acids is 1. The highest BCUT2D eigenvalue weighted by atomic mass is 32.2. The number of ether oxygens (including phenoxy) is 1. The minimum absolute atomic E-state index is 0.0771.